The lowest BCUT2D eigenvalue weighted by atomic mass is 10.0. The van der Waals surface area contributed by atoms with E-state index in [1.165, 1.54) is 25.9 Å². The van der Waals surface area contributed by atoms with E-state index in [2.05, 4.69) is 33.9 Å². The fraction of sp³-hybridized carbons (Fsp3) is 0.833. The highest BCUT2D eigenvalue weighted by Crippen LogP contribution is 2.16. The van der Waals surface area contributed by atoms with Crippen molar-refractivity contribution in [2.75, 3.05) is 26.7 Å². The van der Waals surface area contributed by atoms with Gasteiger partial charge in [0.25, 0.3) is 0 Å². The van der Waals surface area contributed by atoms with Crippen LogP contribution in [-0.2, 0) is 13.1 Å². The van der Waals surface area contributed by atoms with Crippen LogP contribution in [0.3, 0.4) is 0 Å². The molecule has 0 aromatic carbocycles. The van der Waals surface area contributed by atoms with Crippen LogP contribution in [-0.4, -0.2) is 52.7 Å². The molecule has 2 heterocycles. The summed E-state index contributed by atoms with van der Waals surface area (Å²) in [6, 6.07) is 0.618. The van der Waals surface area contributed by atoms with Gasteiger partial charge in [-0.2, -0.15) is 4.98 Å². The molecule has 1 aliphatic rings. The highest BCUT2D eigenvalue weighted by molar-refractivity contribution is 4.87. The summed E-state index contributed by atoms with van der Waals surface area (Å²) in [6.07, 6.45) is 2.43. The van der Waals surface area contributed by atoms with Crippen molar-refractivity contribution in [3.05, 3.63) is 11.7 Å². The van der Waals surface area contributed by atoms with E-state index in [4.69, 9.17) is 10.3 Å². The maximum Gasteiger partial charge on any atom is 0.240 e. The van der Waals surface area contributed by atoms with Crippen LogP contribution < -0.4 is 5.73 Å². The zero-order valence-corrected chi connectivity index (χ0v) is 11.3. The number of piperidine rings is 1. The molecule has 1 fully saturated rings. The van der Waals surface area contributed by atoms with Gasteiger partial charge in [-0.05, 0) is 39.5 Å². The van der Waals surface area contributed by atoms with Crippen LogP contribution in [0.4, 0.5) is 0 Å². The van der Waals surface area contributed by atoms with E-state index in [-0.39, 0.29) is 0 Å². The average molecular weight is 253 g/mol. The molecule has 0 saturated carbocycles. The lowest BCUT2D eigenvalue weighted by Crippen LogP contribution is -2.43. The quantitative estimate of drug-likeness (QED) is 0.821. The molecule has 2 rings (SSSR count). The van der Waals surface area contributed by atoms with E-state index in [1.54, 1.807) is 0 Å². The van der Waals surface area contributed by atoms with Crippen molar-refractivity contribution in [3.8, 4) is 0 Å². The molecule has 1 aromatic heterocycles. The molecule has 0 bridgehead atoms. The third-order valence-electron chi connectivity index (χ3n) is 3.70. The molecular formula is C12H23N5O. The lowest BCUT2D eigenvalue weighted by Gasteiger charge is -2.35. The normalized spacial score (nSPS) is 18.7. The van der Waals surface area contributed by atoms with Crippen LogP contribution in [0.25, 0.3) is 0 Å². The van der Waals surface area contributed by atoms with Crippen LogP contribution in [0, 0.1) is 0 Å². The van der Waals surface area contributed by atoms with Crippen LogP contribution in [0.5, 0.6) is 0 Å². The van der Waals surface area contributed by atoms with E-state index in [0.29, 0.717) is 18.5 Å². The smallest absolute Gasteiger partial charge is 0.240 e. The third-order valence-corrected chi connectivity index (χ3v) is 3.70. The molecule has 6 heteroatoms. The fourth-order valence-electron chi connectivity index (χ4n) is 2.47. The summed E-state index contributed by atoms with van der Waals surface area (Å²) in [5.41, 5.74) is 5.45. The zero-order valence-electron chi connectivity index (χ0n) is 11.3. The van der Waals surface area contributed by atoms with E-state index < -0.39 is 0 Å². The Morgan fingerprint density at radius 1 is 1.44 bits per heavy atom. The second-order valence-electron chi connectivity index (χ2n) is 4.89. The average Bonchev–Trinajstić information content (AvgIpc) is 2.86. The number of likely N-dealkylation sites (tertiary alicyclic amines) is 1. The van der Waals surface area contributed by atoms with Crippen molar-refractivity contribution in [2.24, 2.45) is 5.73 Å². The molecule has 18 heavy (non-hydrogen) atoms. The third kappa shape index (κ3) is 3.28. The minimum atomic E-state index is 0.311. The summed E-state index contributed by atoms with van der Waals surface area (Å²) in [7, 11) is 2.13. The van der Waals surface area contributed by atoms with E-state index >= 15 is 0 Å². The number of hydrogen-bond acceptors (Lipinski definition) is 6. The van der Waals surface area contributed by atoms with Gasteiger partial charge in [0.15, 0.2) is 5.82 Å². The monoisotopic (exact) mass is 253 g/mol. The van der Waals surface area contributed by atoms with Gasteiger partial charge >= 0.3 is 0 Å². The van der Waals surface area contributed by atoms with E-state index in [1.807, 2.05) is 0 Å². The summed E-state index contributed by atoms with van der Waals surface area (Å²) in [5, 5.41) is 3.93. The van der Waals surface area contributed by atoms with Crippen molar-refractivity contribution in [2.45, 2.75) is 38.9 Å². The molecule has 0 atom stereocenters. The molecule has 0 spiro atoms. The van der Waals surface area contributed by atoms with Crippen LogP contribution >= 0.6 is 0 Å². The maximum atomic E-state index is 5.45. The molecule has 6 nitrogen and oxygen atoms in total. The maximum absolute atomic E-state index is 5.45. The highest BCUT2D eigenvalue weighted by atomic mass is 16.5. The number of nitrogens with zero attached hydrogens (tertiary/aromatic N) is 4. The van der Waals surface area contributed by atoms with Crippen LogP contribution in [0.2, 0.25) is 0 Å². The molecule has 102 valence electrons. The van der Waals surface area contributed by atoms with Gasteiger partial charge in [-0.15, -0.1) is 0 Å². The lowest BCUT2D eigenvalue weighted by molar-refractivity contribution is 0.124. The number of nitrogens with two attached hydrogens (primary N) is 1. The molecule has 0 radical (unpaired) electrons. The first-order chi connectivity index (χ1) is 8.72. The fourth-order valence-corrected chi connectivity index (χ4v) is 2.47. The molecule has 0 unspecified atom stereocenters. The number of hydrogen-bond donors (Lipinski definition) is 1. The van der Waals surface area contributed by atoms with E-state index in [9.17, 15) is 0 Å². The largest absolute Gasteiger partial charge is 0.338 e. The molecular weight excluding hydrogens is 230 g/mol. The van der Waals surface area contributed by atoms with Crippen molar-refractivity contribution >= 4 is 0 Å². The minimum absolute atomic E-state index is 0.311. The molecule has 0 aliphatic carbocycles. The second kappa shape index (κ2) is 6.26. The Kier molecular flexibility index (Phi) is 4.68. The zero-order chi connectivity index (χ0) is 13.0. The summed E-state index contributed by atoms with van der Waals surface area (Å²) in [6.45, 7) is 6.79. The van der Waals surface area contributed by atoms with Gasteiger partial charge in [-0.25, -0.2) is 0 Å². The van der Waals surface area contributed by atoms with Crippen molar-refractivity contribution in [1.29, 1.82) is 0 Å². The molecule has 0 amide bonds. The van der Waals surface area contributed by atoms with Crippen LogP contribution in [0.1, 0.15) is 31.5 Å². The number of rotatable bonds is 5. The van der Waals surface area contributed by atoms with Gasteiger partial charge < -0.3 is 15.2 Å². The van der Waals surface area contributed by atoms with Gasteiger partial charge in [0.05, 0.1) is 13.1 Å². The molecule has 1 aliphatic heterocycles. The number of aromatic nitrogens is 2. The minimum Gasteiger partial charge on any atom is -0.338 e. The molecule has 1 aromatic rings. The second-order valence-corrected chi connectivity index (χ2v) is 4.89. The van der Waals surface area contributed by atoms with Gasteiger partial charge in [0.1, 0.15) is 0 Å². The first-order valence-electron chi connectivity index (χ1n) is 6.67. The van der Waals surface area contributed by atoms with Gasteiger partial charge in [-0.1, -0.05) is 12.1 Å². The van der Waals surface area contributed by atoms with Gasteiger partial charge in [0, 0.05) is 6.04 Å². The summed E-state index contributed by atoms with van der Waals surface area (Å²) < 4.78 is 5.02. The first-order valence-corrected chi connectivity index (χ1v) is 6.67. The summed E-state index contributed by atoms with van der Waals surface area (Å²) in [4.78, 5) is 9.05. The van der Waals surface area contributed by atoms with Crippen molar-refractivity contribution < 1.29 is 4.52 Å². The first kappa shape index (κ1) is 13.5. The summed E-state index contributed by atoms with van der Waals surface area (Å²) >= 11 is 0. The van der Waals surface area contributed by atoms with Gasteiger partial charge in [-0.3, -0.25) is 4.90 Å². The van der Waals surface area contributed by atoms with Crippen LogP contribution in [0.15, 0.2) is 4.52 Å². The molecule has 1 saturated heterocycles. The predicted octanol–water partition coefficient (Wildman–Crippen LogP) is 0.444. The Morgan fingerprint density at radius 2 is 2.17 bits per heavy atom. The van der Waals surface area contributed by atoms with E-state index in [0.717, 1.165) is 18.9 Å². The SMILES string of the molecule is CCN1CCC(N(C)Cc2noc(CN)n2)CC1. The standard InChI is InChI=1S/C12H23N5O/c1-3-17-6-4-10(5-7-17)16(2)9-11-14-12(8-13)18-15-11/h10H,3-9,13H2,1-2H3. The molecule has 2 N–H and O–H groups in total. The van der Waals surface area contributed by atoms with Crippen molar-refractivity contribution in [3.63, 3.8) is 0 Å². The Labute approximate surface area is 108 Å². The van der Waals surface area contributed by atoms with Crippen molar-refractivity contribution in [1.82, 2.24) is 19.9 Å². The Balaban J connectivity index is 1.82. The predicted molar refractivity (Wildman–Crippen MR) is 68.8 cm³/mol. The van der Waals surface area contributed by atoms with Gasteiger partial charge in [0.2, 0.25) is 5.89 Å². The summed E-state index contributed by atoms with van der Waals surface area (Å²) in [5.74, 6) is 1.25. The topological polar surface area (TPSA) is 71.4 Å². The highest BCUT2D eigenvalue weighted by Gasteiger charge is 2.22. The Hall–Kier alpha value is -0.980. The Bertz CT molecular complexity index is 359. The Morgan fingerprint density at radius 3 is 2.72 bits per heavy atom.